The van der Waals surface area contributed by atoms with E-state index < -0.39 is 5.41 Å². The summed E-state index contributed by atoms with van der Waals surface area (Å²) in [7, 11) is 0. The van der Waals surface area contributed by atoms with E-state index in [1.54, 1.807) is 12.4 Å². The number of aromatic nitrogens is 2. The second kappa shape index (κ2) is 7.61. The molecule has 5 heteroatoms. The largest absolute Gasteiger partial charge is 0.301 e. The van der Waals surface area contributed by atoms with Gasteiger partial charge < -0.3 is 5.32 Å². The molecule has 1 aliphatic rings. The van der Waals surface area contributed by atoms with Crippen LogP contribution in [0.4, 0.5) is 5.13 Å². The van der Waals surface area contributed by atoms with Crippen molar-refractivity contribution in [1.29, 1.82) is 0 Å². The first-order chi connectivity index (χ1) is 13.2. The van der Waals surface area contributed by atoms with E-state index in [0.717, 1.165) is 29.5 Å². The molecular formula is C22H23N3OS. The predicted octanol–water partition coefficient (Wildman–Crippen LogP) is 5.29. The van der Waals surface area contributed by atoms with Crippen LogP contribution in [0.2, 0.25) is 0 Å². The van der Waals surface area contributed by atoms with E-state index in [4.69, 9.17) is 0 Å². The van der Waals surface area contributed by atoms with Crippen LogP contribution in [0.1, 0.15) is 38.2 Å². The Morgan fingerprint density at radius 3 is 2.52 bits per heavy atom. The van der Waals surface area contributed by atoms with Gasteiger partial charge in [0.2, 0.25) is 5.91 Å². The maximum absolute atomic E-state index is 13.3. The number of carbonyl (C=O) groups is 1. The van der Waals surface area contributed by atoms with Gasteiger partial charge >= 0.3 is 0 Å². The molecule has 1 aliphatic carbocycles. The van der Waals surface area contributed by atoms with Crippen LogP contribution in [0.5, 0.6) is 0 Å². The molecule has 1 atom stereocenters. The molecule has 2 aromatic heterocycles. The normalized spacial score (nSPS) is 16.8. The van der Waals surface area contributed by atoms with Crippen LogP contribution >= 0.6 is 11.3 Å². The highest BCUT2D eigenvalue weighted by Gasteiger charge is 2.44. The lowest BCUT2D eigenvalue weighted by Crippen LogP contribution is -2.43. The average molecular weight is 378 g/mol. The van der Waals surface area contributed by atoms with Crippen LogP contribution in [0.15, 0.2) is 60.4 Å². The van der Waals surface area contributed by atoms with Gasteiger partial charge in [-0.05, 0) is 48.4 Å². The maximum atomic E-state index is 13.3. The van der Waals surface area contributed by atoms with Gasteiger partial charge in [-0.1, -0.05) is 43.2 Å². The molecule has 4 nitrogen and oxygen atoms in total. The Kier molecular flexibility index (Phi) is 5.03. The number of hydrogen-bond donors (Lipinski definition) is 1. The van der Waals surface area contributed by atoms with Gasteiger partial charge in [-0.3, -0.25) is 9.78 Å². The van der Waals surface area contributed by atoms with Gasteiger partial charge in [0, 0.05) is 24.0 Å². The van der Waals surface area contributed by atoms with Crippen molar-refractivity contribution in [2.45, 2.75) is 38.0 Å². The standard InChI is InChI=1S/C22H23N3OS/c1-22(18-6-2-3-7-18,20(26)25-21-24-13-14-27-21)19-10-8-16(9-11-19)17-5-4-12-23-15-17/h4-5,8-15,18H,2-3,6-7H2,1H3,(H,24,25,26). The fourth-order valence-corrected chi connectivity index (χ4v) is 4.63. The summed E-state index contributed by atoms with van der Waals surface area (Å²) in [4.78, 5) is 21.7. The van der Waals surface area contributed by atoms with Crippen molar-refractivity contribution in [3.63, 3.8) is 0 Å². The summed E-state index contributed by atoms with van der Waals surface area (Å²) in [5, 5.41) is 5.59. The molecule has 1 aromatic carbocycles. The third-order valence-corrected chi connectivity index (χ3v) is 6.46. The fourth-order valence-electron chi connectivity index (χ4n) is 4.11. The number of pyridine rings is 1. The molecule has 0 bridgehead atoms. The van der Waals surface area contributed by atoms with Crippen molar-refractivity contribution in [1.82, 2.24) is 9.97 Å². The van der Waals surface area contributed by atoms with E-state index >= 15 is 0 Å². The molecule has 1 unspecified atom stereocenters. The lowest BCUT2D eigenvalue weighted by Gasteiger charge is -2.34. The first-order valence-corrected chi connectivity index (χ1v) is 10.3. The quantitative estimate of drug-likeness (QED) is 0.657. The second-order valence-corrected chi connectivity index (χ2v) is 8.19. The Bertz CT molecular complexity index is 887. The summed E-state index contributed by atoms with van der Waals surface area (Å²) in [6, 6.07) is 12.4. The number of nitrogens with one attached hydrogen (secondary N) is 1. The third kappa shape index (κ3) is 3.52. The van der Waals surface area contributed by atoms with Crippen LogP contribution in [0.25, 0.3) is 11.1 Å². The van der Waals surface area contributed by atoms with Gasteiger partial charge in [-0.2, -0.15) is 0 Å². The van der Waals surface area contributed by atoms with Crippen molar-refractivity contribution in [2.75, 3.05) is 5.32 Å². The first-order valence-electron chi connectivity index (χ1n) is 9.40. The Labute approximate surface area is 163 Å². The van der Waals surface area contributed by atoms with Gasteiger partial charge in [0.1, 0.15) is 0 Å². The highest BCUT2D eigenvalue weighted by molar-refractivity contribution is 7.13. The van der Waals surface area contributed by atoms with Crippen LogP contribution < -0.4 is 5.32 Å². The molecule has 2 heterocycles. The highest BCUT2D eigenvalue weighted by atomic mass is 32.1. The second-order valence-electron chi connectivity index (χ2n) is 7.29. The Balaban J connectivity index is 1.67. The minimum Gasteiger partial charge on any atom is -0.301 e. The van der Waals surface area contributed by atoms with Gasteiger partial charge in [-0.15, -0.1) is 11.3 Å². The lowest BCUT2D eigenvalue weighted by molar-refractivity contribution is -0.122. The molecule has 0 saturated heterocycles. The highest BCUT2D eigenvalue weighted by Crippen LogP contribution is 2.43. The number of hydrogen-bond acceptors (Lipinski definition) is 4. The number of carbonyl (C=O) groups excluding carboxylic acids is 1. The predicted molar refractivity (Wildman–Crippen MR) is 110 cm³/mol. The number of amides is 1. The average Bonchev–Trinajstić information content (AvgIpc) is 3.42. The Morgan fingerprint density at radius 1 is 1.11 bits per heavy atom. The van der Waals surface area contributed by atoms with Crippen molar-refractivity contribution < 1.29 is 4.79 Å². The molecular weight excluding hydrogens is 354 g/mol. The lowest BCUT2D eigenvalue weighted by atomic mass is 9.70. The van der Waals surface area contributed by atoms with Crippen LogP contribution in [0, 0.1) is 5.92 Å². The monoisotopic (exact) mass is 377 g/mol. The zero-order valence-electron chi connectivity index (χ0n) is 15.4. The van der Waals surface area contributed by atoms with E-state index in [1.165, 1.54) is 24.2 Å². The van der Waals surface area contributed by atoms with E-state index in [1.807, 2.05) is 23.7 Å². The molecule has 0 radical (unpaired) electrons. The van der Waals surface area contributed by atoms with E-state index in [-0.39, 0.29) is 5.91 Å². The van der Waals surface area contributed by atoms with Crippen molar-refractivity contribution >= 4 is 22.4 Å². The number of thiazole rings is 1. The van der Waals surface area contributed by atoms with Crippen molar-refractivity contribution in [2.24, 2.45) is 5.92 Å². The minimum absolute atomic E-state index is 0.0403. The summed E-state index contributed by atoms with van der Waals surface area (Å²) in [5.41, 5.74) is 2.70. The molecule has 1 fully saturated rings. The third-order valence-electron chi connectivity index (χ3n) is 5.78. The Morgan fingerprint density at radius 2 is 1.89 bits per heavy atom. The number of rotatable bonds is 5. The maximum Gasteiger partial charge on any atom is 0.236 e. The molecule has 4 rings (SSSR count). The summed E-state index contributed by atoms with van der Waals surface area (Å²) >= 11 is 1.45. The molecule has 1 saturated carbocycles. The Hall–Kier alpha value is -2.53. The summed E-state index contributed by atoms with van der Waals surface area (Å²) in [5.74, 6) is 0.389. The summed E-state index contributed by atoms with van der Waals surface area (Å²) in [6.45, 7) is 2.09. The SMILES string of the molecule is CC(C(=O)Nc1nccs1)(c1ccc(-c2cccnc2)cc1)C1CCCC1. The van der Waals surface area contributed by atoms with Gasteiger partial charge in [0.05, 0.1) is 5.41 Å². The van der Waals surface area contributed by atoms with Gasteiger partial charge in [0.25, 0.3) is 0 Å². The fraction of sp³-hybridized carbons (Fsp3) is 0.318. The molecule has 1 amide bonds. The molecule has 1 N–H and O–H groups in total. The van der Waals surface area contributed by atoms with Gasteiger partial charge in [-0.25, -0.2) is 4.98 Å². The van der Waals surface area contributed by atoms with Crippen molar-refractivity contribution in [3.8, 4) is 11.1 Å². The molecule has 0 aliphatic heterocycles. The van der Waals surface area contributed by atoms with Crippen LogP contribution in [0.3, 0.4) is 0 Å². The number of anilines is 1. The molecule has 3 aromatic rings. The smallest absolute Gasteiger partial charge is 0.236 e. The first kappa shape index (κ1) is 17.9. The van der Waals surface area contributed by atoms with E-state index in [0.29, 0.717) is 11.0 Å². The zero-order chi connectivity index (χ0) is 18.7. The molecule has 27 heavy (non-hydrogen) atoms. The van der Waals surface area contributed by atoms with E-state index in [2.05, 4.69) is 46.5 Å². The van der Waals surface area contributed by atoms with Gasteiger partial charge in [0.15, 0.2) is 5.13 Å². The number of nitrogens with zero attached hydrogens (tertiary/aromatic N) is 2. The minimum atomic E-state index is -0.560. The van der Waals surface area contributed by atoms with Crippen molar-refractivity contribution in [3.05, 3.63) is 65.9 Å². The van der Waals surface area contributed by atoms with Crippen LogP contribution in [-0.2, 0) is 10.2 Å². The summed E-state index contributed by atoms with van der Waals surface area (Å²) < 4.78 is 0. The molecule has 0 spiro atoms. The molecule has 138 valence electrons. The summed E-state index contributed by atoms with van der Waals surface area (Å²) in [6.07, 6.45) is 9.92. The van der Waals surface area contributed by atoms with E-state index in [9.17, 15) is 4.79 Å². The topological polar surface area (TPSA) is 54.9 Å². The number of benzene rings is 1. The zero-order valence-corrected chi connectivity index (χ0v) is 16.2. The van der Waals surface area contributed by atoms with Crippen LogP contribution in [-0.4, -0.2) is 15.9 Å².